The lowest BCUT2D eigenvalue weighted by Crippen LogP contribution is -2.39. The number of hydrogen-bond acceptors (Lipinski definition) is 7. The minimum absolute atomic E-state index is 0.0493. The maximum Gasteiger partial charge on any atom is 0.333 e. The molecule has 178 valence electrons. The van der Waals surface area contributed by atoms with Crippen LogP contribution in [0.4, 0.5) is 5.69 Å². The van der Waals surface area contributed by atoms with E-state index < -0.39 is 17.1 Å². The van der Waals surface area contributed by atoms with Crippen molar-refractivity contribution in [1.29, 1.82) is 0 Å². The Balaban J connectivity index is 1.89. The second kappa shape index (κ2) is 10.9. The molecule has 0 atom stereocenters. The molecule has 34 heavy (non-hydrogen) atoms. The third-order valence-electron chi connectivity index (χ3n) is 5.10. The van der Waals surface area contributed by atoms with Crippen molar-refractivity contribution >= 4 is 28.4 Å². The molecule has 0 unspecified atom stereocenters. The summed E-state index contributed by atoms with van der Waals surface area (Å²) < 4.78 is 6.99. The van der Waals surface area contributed by atoms with Gasteiger partial charge in [-0.15, -0.1) is 0 Å². The summed E-state index contributed by atoms with van der Waals surface area (Å²) in [4.78, 5) is 42.0. The molecule has 1 amide bonds. The van der Waals surface area contributed by atoms with E-state index in [0.29, 0.717) is 18.0 Å². The SMILES string of the molecule is COc1ccc(N=C(SCC(=O)NCc2ccc(C)cc2)c2c(O)n(C)c(=O)n(C)c2=O)cc1. The van der Waals surface area contributed by atoms with Gasteiger partial charge in [-0.25, -0.2) is 9.79 Å². The van der Waals surface area contributed by atoms with E-state index in [1.165, 1.54) is 14.1 Å². The van der Waals surface area contributed by atoms with Gasteiger partial charge in [-0.1, -0.05) is 41.6 Å². The van der Waals surface area contributed by atoms with Gasteiger partial charge >= 0.3 is 5.69 Å². The molecule has 0 aliphatic heterocycles. The van der Waals surface area contributed by atoms with Crippen molar-refractivity contribution in [2.24, 2.45) is 19.1 Å². The number of aryl methyl sites for hydroxylation is 1. The van der Waals surface area contributed by atoms with E-state index in [9.17, 15) is 19.5 Å². The molecule has 10 heteroatoms. The van der Waals surface area contributed by atoms with Gasteiger partial charge in [0, 0.05) is 20.6 Å². The first-order valence-electron chi connectivity index (χ1n) is 10.4. The molecule has 0 bridgehead atoms. The summed E-state index contributed by atoms with van der Waals surface area (Å²) in [6.45, 7) is 2.35. The van der Waals surface area contributed by atoms with Crippen LogP contribution in [0.25, 0.3) is 0 Å². The Bertz CT molecular complexity index is 1330. The monoisotopic (exact) mass is 482 g/mol. The van der Waals surface area contributed by atoms with Crippen LogP contribution in [0.15, 0.2) is 63.1 Å². The quantitative estimate of drug-likeness (QED) is 0.394. The first kappa shape index (κ1) is 24.8. The number of carbonyl (C=O) groups excluding carboxylic acids is 1. The van der Waals surface area contributed by atoms with Gasteiger partial charge < -0.3 is 15.2 Å². The number of amides is 1. The van der Waals surface area contributed by atoms with E-state index >= 15 is 0 Å². The first-order valence-corrected chi connectivity index (χ1v) is 11.4. The van der Waals surface area contributed by atoms with Gasteiger partial charge in [-0.2, -0.15) is 0 Å². The van der Waals surface area contributed by atoms with Gasteiger partial charge in [0.2, 0.25) is 11.8 Å². The molecule has 0 saturated carbocycles. The third kappa shape index (κ3) is 5.76. The van der Waals surface area contributed by atoms with Crippen molar-refractivity contribution in [3.05, 3.63) is 86.1 Å². The third-order valence-corrected chi connectivity index (χ3v) is 6.08. The smallest absolute Gasteiger partial charge is 0.333 e. The molecule has 0 saturated heterocycles. The fraction of sp³-hybridized carbons (Fsp3) is 0.250. The number of thioether (sulfide) groups is 1. The minimum atomic E-state index is -0.708. The molecule has 2 N–H and O–H groups in total. The van der Waals surface area contributed by atoms with E-state index in [1.807, 2.05) is 31.2 Å². The van der Waals surface area contributed by atoms with Crippen molar-refractivity contribution in [2.45, 2.75) is 13.5 Å². The van der Waals surface area contributed by atoms with Gasteiger partial charge in [-0.05, 0) is 36.8 Å². The Morgan fingerprint density at radius 2 is 1.71 bits per heavy atom. The Kier molecular flexibility index (Phi) is 7.95. The van der Waals surface area contributed by atoms with E-state index in [4.69, 9.17) is 4.74 Å². The average Bonchev–Trinajstić information content (AvgIpc) is 2.84. The molecule has 3 rings (SSSR count). The normalized spacial score (nSPS) is 11.4. The van der Waals surface area contributed by atoms with Crippen molar-refractivity contribution < 1.29 is 14.6 Å². The van der Waals surface area contributed by atoms with Crippen LogP contribution in [0.1, 0.15) is 16.7 Å². The van der Waals surface area contributed by atoms with Gasteiger partial charge in [0.1, 0.15) is 16.4 Å². The van der Waals surface area contributed by atoms with Crippen molar-refractivity contribution in [3.63, 3.8) is 0 Å². The van der Waals surface area contributed by atoms with Gasteiger partial charge in [0.15, 0.2) is 0 Å². The highest BCUT2D eigenvalue weighted by molar-refractivity contribution is 8.15. The standard InChI is InChI=1S/C24H26N4O5S/c1-15-5-7-16(8-6-15)13-25-19(29)14-34-21(26-17-9-11-18(33-4)12-10-17)20-22(30)27(2)24(32)28(3)23(20)31/h5-12,30H,13-14H2,1-4H3,(H,25,29). The van der Waals surface area contributed by atoms with Crippen LogP contribution in [-0.4, -0.2) is 38.1 Å². The van der Waals surface area contributed by atoms with Crippen LogP contribution in [-0.2, 0) is 25.4 Å². The zero-order valence-corrected chi connectivity index (χ0v) is 20.2. The summed E-state index contributed by atoms with van der Waals surface area (Å²) in [6.07, 6.45) is 0. The summed E-state index contributed by atoms with van der Waals surface area (Å²) in [6, 6.07) is 14.6. The van der Waals surface area contributed by atoms with E-state index in [-0.39, 0.29) is 22.3 Å². The predicted octanol–water partition coefficient (Wildman–Crippen LogP) is 2.23. The number of nitrogens with zero attached hydrogens (tertiary/aromatic N) is 3. The lowest BCUT2D eigenvalue weighted by molar-refractivity contribution is -0.118. The lowest BCUT2D eigenvalue weighted by Gasteiger charge is -2.13. The molecule has 0 fully saturated rings. The molecule has 1 aromatic heterocycles. The molecule has 9 nitrogen and oxygen atoms in total. The summed E-state index contributed by atoms with van der Waals surface area (Å²) >= 11 is 0.995. The fourth-order valence-corrected chi connectivity index (χ4v) is 3.91. The Morgan fingerprint density at radius 1 is 1.06 bits per heavy atom. The molecule has 3 aromatic rings. The Morgan fingerprint density at radius 3 is 2.32 bits per heavy atom. The molecule has 0 radical (unpaired) electrons. The minimum Gasteiger partial charge on any atom is -0.497 e. The van der Waals surface area contributed by atoms with Crippen LogP contribution in [0.2, 0.25) is 0 Å². The number of ether oxygens (including phenoxy) is 1. The number of benzene rings is 2. The molecule has 2 aromatic carbocycles. The number of aromatic nitrogens is 2. The second-order valence-corrected chi connectivity index (χ2v) is 8.53. The number of rotatable bonds is 7. The van der Waals surface area contributed by atoms with Crippen molar-refractivity contribution in [1.82, 2.24) is 14.5 Å². The van der Waals surface area contributed by atoms with Crippen LogP contribution in [0, 0.1) is 6.92 Å². The predicted molar refractivity (Wildman–Crippen MR) is 133 cm³/mol. The molecular formula is C24H26N4O5S. The van der Waals surface area contributed by atoms with Crippen molar-refractivity contribution in [2.75, 3.05) is 12.9 Å². The van der Waals surface area contributed by atoms with Crippen LogP contribution in [0.5, 0.6) is 11.6 Å². The molecule has 0 aliphatic carbocycles. The maximum atomic E-state index is 12.9. The van der Waals surface area contributed by atoms with Gasteiger partial charge in [0.25, 0.3) is 5.56 Å². The summed E-state index contributed by atoms with van der Waals surface area (Å²) in [5.41, 5.74) is 1.04. The summed E-state index contributed by atoms with van der Waals surface area (Å²) in [7, 11) is 4.21. The molecule has 0 spiro atoms. The van der Waals surface area contributed by atoms with Crippen LogP contribution >= 0.6 is 11.8 Å². The Hall–Kier alpha value is -3.79. The number of carbonyl (C=O) groups is 1. The second-order valence-electron chi connectivity index (χ2n) is 7.57. The first-order chi connectivity index (χ1) is 16.2. The highest BCUT2D eigenvalue weighted by Gasteiger charge is 2.21. The average molecular weight is 483 g/mol. The zero-order chi connectivity index (χ0) is 24.8. The number of methoxy groups -OCH3 is 1. The summed E-state index contributed by atoms with van der Waals surface area (Å²) in [5.74, 6) is -0.210. The number of hydrogen-bond donors (Lipinski definition) is 2. The molecular weight excluding hydrogens is 456 g/mol. The number of aromatic hydroxyl groups is 1. The molecule has 1 heterocycles. The fourth-order valence-electron chi connectivity index (χ4n) is 3.05. The van der Waals surface area contributed by atoms with Crippen LogP contribution < -0.4 is 21.3 Å². The maximum absolute atomic E-state index is 12.9. The van der Waals surface area contributed by atoms with E-state index in [2.05, 4.69) is 10.3 Å². The highest BCUT2D eigenvalue weighted by Crippen LogP contribution is 2.24. The number of aliphatic imine (C=N–C) groups is 1. The zero-order valence-electron chi connectivity index (χ0n) is 19.4. The largest absolute Gasteiger partial charge is 0.497 e. The Labute approximate surface area is 200 Å². The van der Waals surface area contributed by atoms with Gasteiger partial charge in [-0.3, -0.25) is 18.7 Å². The summed E-state index contributed by atoms with van der Waals surface area (Å²) in [5, 5.41) is 13.5. The lowest BCUT2D eigenvalue weighted by atomic mass is 10.1. The van der Waals surface area contributed by atoms with E-state index in [0.717, 1.165) is 32.0 Å². The molecule has 0 aliphatic rings. The number of nitrogens with one attached hydrogen (secondary N) is 1. The van der Waals surface area contributed by atoms with Crippen LogP contribution in [0.3, 0.4) is 0 Å². The van der Waals surface area contributed by atoms with Crippen molar-refractivity contribution in [3.8, 4) is 11.6 Å². The highest BCUT2D eigenvalue weighted by atomic mass is 32.2. The topological polar surface area (TPSA) is 115 Å². The van der Waals surface area contributed by atoms with E-state index in [1.54, 1.807) is 31.4 Å². The van der Waals surface area contributed by atoms with Gasteiger partial charge in [0.05, 0.1) is 18.6 Å².